The second kappa shape index (κ2) is 8.60. The van der Waals surface area contributed by atoms with Gasteiger partial charge in [-0.15, -0.1) is 0 Å². The number of aromatic nitrogens is 2. The second-order valence-electron chi connectivity index (χ2n) is 7.95. The molecule has 0 unspecified atom stereocenters. The van der Waals surface area contributed by atoms with Gasteiger partial charge in [0.1, 0.15) is 11.6 Å². The topological polar surface area (TPSA) is 77.8 Å². The van der Waals surface area contributed by atoms with Gasteiger partial charge < -0.3 is 11.5 Å². The van der Waals surface area contributed by atoms with E-state index in [1.54, 1.807) is 6.20 Å². The molecule has 4 nitrogen and oxygen atoms in total. The van der Waals surface area contributed by atoms with Crippen molar-refractivity contribution in [1.29, 1.82) is 0 Å². The van der Waals surface area contributed by atoms with E-state index >= 15 is 0 Å². The lowest BCUT2D eigenvalue weighted by molar-refractivity contribution is 0.718. The third-order valence-electron chi connectivity index (χ3n) is 5.99. The molecular weight excluding hydrogens is 404 g/mol. The number of pyridine rings is 2. The summed E-state index contributed by atoms with van der Waals surface area (Å²) in [5, 5.41) is 0. The molecule has 2 aromatic heterocycles. The zero-order chi connectivity index (χ0) is 22.7. The van der Waals surface area contributed by atoms with E-state index in [2.05, 4.69) is 77.8 Å². The zero-order valence-electron chi connectivity index (χ0n) is 18.1. The third kappa shape index (κ3) is 3.62. The minimum atomic E-state index is -0.699. The van der Waals surface area contributed by atoms with Crippen LogP contribution in [0.5, 0.6) is 0 Å². The molecule has 4 N–H and O–H groups in total. The summed E-state index contributed by atoms with van der Waals surface area (Å²) in [5.41, 5.74) is 17.5. The summed E-state index contributed by atoms with van der Waals surface area (Å²) in [7, 11) is 0. The van der Waals surface area contributed by atoms with Crippen LogP contribution in [0.15, 0.2) is 121 Å². The fourth-order valence-corrected chi connectivity index (χ4v) is 4.53. The first-order valence-corrected chi connectivity index (χ1v) is 10.8. The van der Waals surface area contributed by atoms with Crippen LogP contribution >= 0.6 is 0 Å². The van der Waals surface area contributed by atoms with E-state index in [0.29, 0.717) is 11.6 Å². The molecule has 0 radical (unpaired) electrons. The van der Waals surface area contributed by atoms with Crippen molar-refractivity contribution in [3.8, 4) is 11.1 Å². The van der Waals surface area contributed by atoms with Gasteiger partial charge in [-0.2, -0.15) is 0 Å². The van der Waals surface area contributed by atoms with E-state index in [0.717, 1.165) is 33.5 Å². The lowest BCUT2D eigenvalue weighted by Crippen LogP contribution is -2.33. The third-order valence-corrected chi connectivity index (χ3v) is 5.99. The first-order chi connectivity index (χ1) is 16.2. The van der Waals surface area contributed by atoms with Gasteiger partial charge in [-0.05, 0) is 41.0 Å². The van der Waals surface area contributed by atoms with Crippen molar-refractivity contribution in [2.24, 2.45) is 0 Å². The minimum Gasteiger partial charge on any atom is -0.384 e. The molecular formula is C29H24N4. The van der Waals surface area contributed by atoms with Gasteiger partial charge in [0, 0.05) is 17.3 Å². The second-order valence-corrected chi connectivity index (χ2v) is 7.95. The van der Waals surface area contributed by atoms with Crippen molar-refractivity contribution in [2.45, 2.75) is 5.41 Å². The van der Waals surface area contributed by atoms with Crippen LogP contribution in [0.3, 0.4) is 0 Å². The average molecular weight is 429 g/mol. The van der Waals surface area contributed by atoms with E-state index < -0.39 is 5.41 Å². The fourth-order valence-electron chi connectivity index (χ4n) is 4.53. The number of hydrogen-bond acceptors (Lipinski definition) is 4. The Labute approximate surface area is 193 Å². The Morgan fingerprint density at radius 1 is 0.515 bits per heavy atom. The maximum absolute atomic E-state index is 6.31. The Bertz CT molecular complexity index is 1250. The quantitative estimate of drug-likeness (QED) is 0.353. The molecule has 160 valence electrons. The van der Waals surface area contributed by atoms with Crippen molar-refractivity contribution in [2.75, 3.05) is 11.5 Å². The highest BCUT2D eigenvalue weighted by Gasteiger charge is 2.41. The molecule has 0 aliphatic rings. The summed E-state index contributed by atoms with van der Waals surface area (Å²) in [6.07, 6.45) is 1.79. The van der Waals surface area contributed by atoms with Crippen LogP contribution in [-0.2, 0) is 5.41 Å². The average Bonchev–Trinajstić information content (AvgIpc) is 2.87. The van der Waals surface area contributed by atoms with Gasteiger partial charge in [0.05, 0.1) is 11.1 Å². The highest BCUT2D eigenvalue weighted by atomic mass is 14.9. The van der Waals surface area contributed by atoms with Crippen LogP contribution < -0.4 is 11.5 Å². The predicted octanol–water partition coefficient (Wildman–Crippen LogP) is 5.69. The minimum absolute atomic E-state index is 0.462. The lowest BCUT2D eigenvalue weighted by atomic mass is 9.65. The van der Waals surface area contributed by atoms with Crippen molar-refractivity contribution < 1.29 is 0 Å². The number of nitrogens with zero attached hydrogens (tertiary/aromatic N) is 2. The maximum atomic E-state index is 6.31. The SMILES string of the molecule is Nc1ccc(-c2ccc(N)nc2C(c2ccccc2)(c2ccccc2)c2ccccc2)cn1. The van der Waals surface area contributed by atoms with Gasteiger partial charge in [0.25, 0.3) is 0 Å². The van der Waals surface area contributed by atoms with Gasteiger partial charge in [-0.25, -0.2) is 9.97 Å². The van der Waals surface area contributed by atoms with Gasteiger partial charge in [-0.1, -0.05) is 91.0 Å². The summed E-state index contributed by atoms with van der Waals surface area (Å²) in [5.74, 6) is 0.938. The van der Waals surface area contributed by atoms with Crippen molar-refractivity contribution in [3.05, 3.63) is 144 Å². The Morgan fingerprint density at radius 2 is 1.00 bits per heavy atom. The van der Waals surface area contributed by atoms with Crippen LogP contribution in [0.4, 0.5) is 11.6 Å². The lowest BCUT2D eigenvalue weighted by Gasteiger charge is -2.37. The van der Waals surface area contributed by atoms with Crippen LogP contribution in [-0.4, -0.2) is 9.97 Å². The van der Waals surface area contributed by atoms with Crippen molar-refractivity contribution in [1.82, 2.24) is 9.97 Å². The molecule has 0 aliphatic carbocycles. The van der Waals surface area contributed by atoms with Gasteiger partial charge in [0.2, 0.25) is 0 Å². The zero-order valence-corrected chi connectivity index (χ0v) is 18.1. The maximum Gasteiger partial charge on any atom is 0.123 e. The number of benzene rings is 3. The molecule has 5 rings (SSSR count). The van der Waals surface area contributed by atoms with Crippen molar-refractivity contribution >= 4 is 11.6 Å². The number of anilines is 2. The van der Waals surface area contributed by atoms with Gasteiger partial charge in [-0.3, -0.25) is 0 Å². The number of rotatable bonds is 5. The predicted molar refractivity (Wildman–Crippen MR) is 135 cm³/mol. The summed E-state index contributed by atoms with van der Waals surface area (Å²) in [4.78, 5) is 9.33. The monoisotopic (exact) mass is 428 g/mol. The van der Waals surface area contributed by atoms with Gasteiger partial charge in [0.15, 0.2) is 0 Å². The number of hydrogen-bond donors (Lipinski definition) is 2. The Hall–Kier alpha value is -4.44. The molecule has 2 heterocycles. The van der Waals surface area contributed by atoms with Crippen LogP contribution in [0.2, 0.25) is 0 Å². The molecule has 0 saturated heterocycles. The summed E-state index contributed by atoms with van der Waals surface area (Å²) in [6.45, 7) is 0. The first-order valence-electron chi connectivity index (χ1n) is 10.8. The van der Waals surface area contributed by atoms with E-state index in [-0.39, 0.29) is 0 Å². The molecule has 0 saturated carbocycles. The number of nitrogens with two attached hydrogens (primary N) is 2. The smallest absolute Gasteiger partial charge is 0.123 e. The van der Waals surface area contributed by atoms with Crippen LogP contribution in [0.1, 0.15) is 22.4 Å². The van der Waals surface area contributed by atoms with E-state index in [4.69, 9.17) is 16.5 Å². The number of nitrogen functional groups attached to an aromatic ring is 2. The van der Waals surface area contributed by atoms with E-state index in [1.165, 1.54) is 0 Å². The molecule has 0 amide bonds. The summed E-state index contributed by atoms with van der Waals surface area (Å²) in [6, 6.07) is 39.0. The molecule has 33 heavy (non-hydrogen) atoms. The molecule has 0 bridgehead atoms. The molecule has 0 aliphatic heterocycles. The Morgan fingerprint density at radius 3 is 1.45 bits per heavy atom. The van der Waals surface area contributed by atoms with E-state index in [9.17, 15) is 0 Å². The molecule has 0 atom stereocenters. The molecule has 4 heteroatoms. The Balaban J connectivity index is 1.95. The van der Waals surface area contributed by atoms with Crippen LogP contribution in [0, 0.1) is 0 Å². The molecule has 0 spiro atoms. The molecule has 3 aromatic carbocycles. The highest BCUT2D eigenvalue weighted by Crippen LogP contribution is 2.47. The standard InChI is InChI=1S/C29H24N4/c30-26-18-16-21(20-32-26)25-17-19-27(31)33-28(25)29(22-10-4-1-5-11-22,23-12-6-2-7-13-23)24-14-8-3-9-15-24/h1-20H,(H2,30,32)(H2,31,33). The largest absolute Gasteiger partial charge is 0.384 e. The summed E-state index contributed by atoms with van der Waals surface area (Å²) < 4.78 is 0. The molecule has 5 aromatic rings. The molecule has 0 fully saturated rings. The van der Waals surface area contributed by atoms with Crippen molar-refractivity contribution in [3.63, 3.8) is 0 Å². The highest BCUT2D eigenvalue weighted by molar-refractivity contribution is 5.74. The normalized spacial score (nSPS) is 11.3. The summed E-state index contributed by atoms with van der Waals surface area (Å²) >= 11 is 0. The van der Waals surface area contributed by atoms with Crippen LogP contribution in [0.25, 0.3) is 11.1 Å². The van der Waals surface area contributed by atoms with E-state index in [1.807, 2.05) is 42.5 Å². The first kappa shape index (κ1) is 20.5. The van der Waals surface area contributed by atoms with Gasteiger partial charge >= 0.3 is 0 Å². The Kier molecular flexibility index (Phi) is 5.33. The fraction of sp³-hybridized carbons (Fsp3) is 0.0345.